The van der Waals surface area contributed by atoms with Crippen LogP contribution in [-0.4, -0.2) is 16.9 Å². The van der Waals surface area contributed by atoms with Gasteiger partial charge in [-0.15, -0.1) is 0 Å². The lowest BCUT2D eigenvalue weighted by Gasteiger charge is -2.08. The zero-order valence-electron chi connectivity index (χ0n) is 13.9. The van der Waals surface area contributed by atoms with Crippen molar-refractivity contribution in [2.45, 2.75) is 0 Å². The van der Waals surface area contributed by atoms with Crippen LogP contribution < -0.4 is 16.6 Å². The van der Waals surface area contributed by atoms with Gasteiger partial charge in [-0.3, -0.25) is 20.4 Å². The van der Waals surface area contributed by atoms with Crippen LogP contribution in [-0.2, 0) is 0 Å². The molecule has 2 aromatic carbocycles. The molecule has 5 N–H and O–H groups in total. The van der Waals surface area contributed by atoms with Crippen molar-refractivity contribution < 1.29 is 19.1 Å². The Kier molecular flexibility index (Phi) is 4.77. The van der Waals surface area contributed by atoms with Gasteiger partial charge in [0.05, 0.1) is 11.8 Å². The second-order valence-corrected chi connectivity index (χ2v) is 5.54. The zero-order valence-corrected chi connectivity index (χ0v) is 13.9. The zero-order chi connectivity index (χ0) is 19.4. The number of anilines is 1. The molecule has 134 valence electrons. The molecule has 8 nitrogen and oxygen atoms in total. The van der Waals surface area contributed by atoms with Gasteiger partial charge in [0.15, 0.2) is 0 Å². The molecule has 1 heterocycles. The molecule has 8 heteroatoms. The molecule has 2 amide bonds. The Morgan fingerprint density at radius 3 is 2.59 bits per heavy atom. The number of furan rings is 1. The van der Waals surface area contributed by atoms with Gasteiger partial charge in [-0.1, -0.05) is 12.1 Å². The quantitative estimate of drug-likeness (QED) is 0.416. The average Bonchev–Trinajstić information content (AvgIpc) is 3.16. The molecule has 0 bridgehead atoms. The molecule has 0 unspecified atom stereocenters. The number of carbonyl (C=O) groups is 2. The Labute approximate surface area is 153 Å². The third kappa shape index (κ3) is 3.72. The van der Waals surface area contributed by atoms with Gasteiger partial charge in [-0.2, -0.15) is 5.26 Å². The van der Waals surface area contributed by atoms with E-state index >= 15 is 0 Å². The van der Waals surface area contributed by atoms with Gasteiger partial charge in [-0.25, -0.2) is 0 Å². The first-order valence-corrected chi connectivity index (χ1v) is 7.77. The number of nitrogens with one attached hydrogen (secondary N) is 2. The third-order valence-electron chi connectivity index (χ3n) is 3.74. The van der Waals surface area contributed by atoms with Crippen molar-refractivity contribution in [1.29, 1.82) is 5.26 Å². The van der Waals surface area contributed by atoms with Crippen molar-refractivity contribution >= 4 is 17.5 Å². The van der Waals surface area contributed by atoms with E-state index in [1.165, 1.54) is 24.5 Å². The molecule has 3 rings (SSSR count). The number of nitrogens with two attached hydrogens (primary N) is 1. The number of nitrogens with zero attached hydrogens (tertiary/aromatic N) is 1. The number of nitriles is 1. The number of carbonyl (C=O) groups excluding carboxylic acids is 2. The second kappa shape index (κ2) is 7.33. The Balaban J connectivity index is 1.73. The summed E-state index contributed by atoms with van der Waals surface area (Å²) in [6, 6.07) is 14.1. The van der Waals surface area contributed by atoms with Crippen LogP contribution in [0, 0.1) is 11.3 Å². The van der Waals surface area contributed by atoms with Gasteiger partial charge in [0.25, 0.3) is 5.91 Å². The number of phenols is 1. The minimum atomic E-state index is -0.662. The van der Waals surface area contributed by atoms with Gasteiger partial charge in [0.2, 0.25) is 5.76 Å². The van der Waals surface area contributed by atoms with Crippen LogP contribution >= 0.6 is 0 Å². The maximum Gasteiger partial charge on any atom is 0.306 e. The maximum absolute atomic E-state index is 12.4. The summed E-state index contributed by atoms with van der Waals surface area (Å²) in [5, 5.41) is 18.4. The van der Waals surface area contributed by atoms with Crippen molar-refractivity contribution in [2.75, 3.05) is 5.73 Å². The number of benzene rings is 2. The molecule has 0 saturated heterocycles. The number of hydrogen-bond acceptors (Lipinski definition) is 6. The highest BCUT2D eigenvalue weighted by molar-refractivity contribution is 6.01. The minimum Gasteiger partial charge on any atom is -0.507 e. The Morgan fingerprint density at radius 1 is 1.07 bits per heavy atom. The van der Waals surface area contributed by atoms with E-state index in [0.29, 0.717) is 16.8 Å². The van der Waals surface area contributed by atoms with E-state index in [-0.39, 0.29) is 22.6 Å². The molecular formula is C19H14N4O4. The summed E-state index contributed by atoms with van der Waals surface area (Å²) in [7, 11) is 0. The molecular weight excluding hydrogens is 348 g/mol. The lowest BCUT2D eigenvalue weighted by atomic mass is 10.1. The van der Waals surface area contributed by atoms with Crippen LogP contribution in [0.1, 0.15) is 26.5 Å². The first-order valence-electron chi connectivity index (χ1n) is 7.77. The van der Waals surface area contributed by atoms with E-state index in [4.69, 9.17) is 15.4 Å². The second-order valence-electron chi connectivity index (χ2n) is 5.54. The average molecular weight is 362 g/mol. The maximum atomic E-state index is 12.4. The van der Waals surface area contributed by atoms with E-state index in [0.717, 1.165) is 0 Å². The number of hydrogen-bond donors (Lipinski definition) is 4. The molecule has 0 saturated carbocycles. The van der Waals surface area contributed by atoms with Gasteiger partial charge in [0, 0.05) is 16.8 Å². The molecule has 0 aliphatic heterocycles. The summed E-state index contributed by atoms with van der Waals surface area (Å²) < 4.78 is 5.23. The summed E-state index contributed by atoms with van der Waals surface area (Å²) in [6.45, 7) is 0. The van der Waals surface area contributed by atoms with E-state index in [2.05, 4.69) is 10.9 Å². The van der Waals surface area contributed by atoms with Crippen molar-refractivity contribution in [3.63, 3.8) is 0 Å². The minimum absolute atomic E-state index is 0.00400. The highest BCUT2D eigenvalue weighted by Crippen LogP contribution is 2.26. The molecule has 0 aliphatic carbocycles. The summed E-state index contributed by atoms with van der Waals surface area (Å²) in [5.74, 6) is -1.55. The number of rotatable bonds is 3. The van der Waals surface area contributed by atoms with E-state index in [1.54, 1.807) is 36.4 Å². The first kappa shape index (κ1) is 17.6. The van der Waals surface area contributed by atoms with E-state index in [1.807, 2.05) is 0 Å². The molecule has 1 aromatic heterocycles. The highest BCUT2D eigenvalue weighted by atomic mass is 16.3. The van der Waals surface area contributed by atoms with Crippen molar-refractivity contribution in [3.05, 3.63) is 71.7 Å². The monoisotopic (exact) mass is 362 g/mol. The van der Waals surface area contributed by atoms with Gasteiger partial charge >= 0.3 is 5.91 Å². The smallest absolute Gasteiger partial charge is 0.306 e. The molecule has 0 atom stereocenters. The fraction of sp³-hybridized carbons (Fsp3) is 0. The number of nitrogen functional groups attached to an aromatic ring is 1. The topological polar surface area (TPSA) is 141 Å². The van der Waals surface area contributed by atoms with Crippen LogP contribution in [0.5, 0.6) is 5.75 Å². The van der Waals surface area contributed by atoms with Crippen LogP contribution in [0.25, 0.3) is 11.1 Å². The summed E-state index contributed by atoms with van der Waals surface area (Å²) >= 11 is 0. The summed E-state index contributed by atoms with van der Waals surface area (Å²) in [5.41, 5.74) is 12.0. The first-order chi connectivity index (χ1) is 13.0. The Hall–Kier alpha value is -4.25. The Bertz CT molecular complexity index is 1070. The molecule has 3 aromatic rings. The molecule has 27 heavy (non-hydrogen) atoms. The van der Waals surface area contributed by atoms with Gasteiger partial charge in [0.1, 0.15) is 11.8 Å². The van der Waals surface area contributed by atoms with E-state index < -0.39 is 11.8 Å². The van der Waals surface area contributed by atoms with Gasteiger partial charge in [-0.05, 0) is 42.0 Å². The molecule has 0 aliphatic rings. The molecule has 0 fully saturated rings. The fourth-order valence-corrected chi connectivity index (χ4v) is 2.43. The standard InChI is InChI=1S/C19H14N4O4/c20-10-13-8-12(4-5-16(13)24)18(25)22-23-19(26)17-15(6-7-27-17)11-2-1-3-14(21)9-11/h1-9,24H,21H2,(H,22,25)(H,23,26). The SMILES string of the molecule is N#Cc1cc(C(=O)NNC(=O)c2occc2-c2cccc(N)c2)ccc1O. The molecule has 0 radical (unpaired) electrons. The van der Waals surface area contributed by atoms with Crippen molar-refractivity contribution in [1.82, 2.24) is 10.9 Å². The number of phenolic OH excluding ortho intramolecular Hbond substituents is 1. The largest absolute Gasteiger partial charge is 0.507 e. The van der Waals surface area contributed by atoms with Crippen LogP contribution in [0.3, 0.4) is 0 Å². The van der Waals surface area contributed by atoms with Crippen LogP contribution in [0.4, 0.5) is 5.69 Å². The normalized spacial score (nSPS) is 10.0. The number of amides is 2. The lowest BCUT2D eigenvalue weighted by molar-refractivity contribution is 0.0831. The van der Waals surface area contributed by atoms with Crippen LogP contribution in [0.2, 0.25) is 0 Å². The lowest BCUT2D eigenvalue weighted by Crippen LogP contribution is -2.41. The molecule has 0 spiro atoms. The predicted octanol–water partition coefficient (Wildman–Crippen LogP) is 2.18. The fourth-order valence-electron chi connectivity index (χ4n) is 2.43. The third-order valence-corrected chi connectivity index (χ3v) is 3.74. The van der Waals surface area contributed by atoms with Crippen molar-refractivity contribution in [2.24, 2.45) is 0 Å². The summed E-state index contributed by atoms with van der Waals surface area (Å²) in [4.78, 5) is 24.5. The number of aromatic hydroxyl groups is 1. The van der Waals surface area contributed by atoms with E-state index in [9.17, 15) is 14.7 Å². The van der Waals surface area contributed by atoms with Gasteiger partial charge < -0.3 is 15.3 Å². The number of hydrazine groups is 1. The highest BCUT2D eigenvalue weighted by Gasteiger charge is 2.18. The van der Waals surface area contributed by atoms with Crippen LogP contribution in [0.15, 0.2) is 59.2 Å². The Morgan fingerprint density at radius 2 is 1.85 bits per heavy atom. The van der Waals surface area contributed by atoms with Crippen molar-refractivity contribution in [3.8, 4) is 22.9 Å². The predicted molar refractivity (Wildman–Crippen MR) is 96.3 cm³/mol. The summed E-state index contributed by atoms with van der Waals surface area (Å²) in [6.07, 6.45) is 1.36.